The molecule has 1 rings (SSSR count). The van der Waals surface area contributed by atoms with E-state index in [1.54, 1.807) is 0 Å². The maximum atomic E-state index is 3.46. The number of nitrogens with one attached hydrogen (secondary N) is 2. The molecule has 0 saturated carbocycles. The molecule has 0 saturated heterocycles. The van der Waals surface area contributed by atoms with E-state index in [1.807, 2.05) is 12.3 Å². The Morgan fingerprint density at radius 1 is 1.38 bits per heavy atom. The van der Waals surface area contributed by atoms with Gasteiger partial charge in [-0.2, -0.15) is 0 Å². The first kappa shape index (κ1) is 10.3. The lowest BCUT2D eigenvalue weighted by atomic mass is 10.0. The first-order valence-electron chi connectivity index (χ1n) is 5.19. The van der Waals surface area contributed by atoms with Crippen molar-refractivity contribution in [3.05, 3.63) is 24.0 Å². The molecule has 2 N–H and O–H groups in total. The maximum absolute atomic E-state index is 3.46. The molecule has 0 aliphatic carbocycles. The number of hydrogen-bond acceptors (Lipinski definition) is 1. The van der Waals surface area contributed by atoms with Gasteiger partial charge in [-0.15, -0.1) is 0 Å². The van der Waals surface area contributed by atoms with E-state index in [-0.39, 0.29) is 0 Å². The van der Waals surface area contributed by atoms with E-state index in [0.29, 0.717) is 0 Å². The molecule has 0 unspecified atom stereocenters. The van der Waals surface area contributed by atoms with Gasteiger partial charge in [0.25, 0.3) is 0 Å². The predicted molar refractivity (Wildman–Crippen MR) is 56.6 cm³/mol. The van der Waals surface area contributed by atoms with Crippen LogP contribution >= 0.6 is 0 Å². The highest BCUT2D eigenvalue weighted by Gasteiger charge is 2.01. The lowest BCUT2D eigenvalue weighted by Gasteiger charge is -2.12. The molecule has 0 radical (unpaired) electrons. The average Bonchev–Trinajstić information content (AvgIpc) is 2.65. The minimum atomic E-state index is 0.829. The van der Waals surface area contributed by atoms with Crippen molar-refractivity contribution in [3.63, 3.8) is 0 Å². The normalized spacial score (nSPS) is 11.0. The van der Waals surface area contributed by atoms with Crippen molar-refractivity contribution in [1.29, 1.82) is 0 Å². The summed E-state index contributed by atoms with van der Waals surface area (Å²) < 4.78 is 0. The topological polar surface area (TPSA) is 27.8 Å². The van der Waals surface area contributed by atoms with Crippen LogP contribution < -0.4 is 5.32 Å². The standard InChI is InChI=1S/C11H20N2/c1-3-10(4-2)8-12-9-11-6-5-7-13-11/h5-7,10,12-13H,3-4,8-9H2,1-2H3. The van der Waals surface area contributed by atoms with Crippen molar-refractivity contribution in [2.24, 2.45) is 5.92 Å². The van der Waals surface area contributed by atoms with Gasteiger partial charge in [0.05, 0.1) is 0 Å². The highest BCUT2D eigenvalue weighted by atomic mass is 14.9. The van der Waals surface area contributed by atoms with Crippen molar-refractivity contribution >= 4 is 0 Å². The fourth-order valence-corrected chi connectivity index (χ4v) is 1.47. The van der Waals surface area contributed by atoms with Crippen LogP contribution in [0.3, 0.4) is 0 Å². The third-order valence-electron chi connectivity index (χ3n) is 2.57. The smallest absolute Gasteiger partial charge is 0.0357 e. The Morgan fingerprint density at radius 3 is 2.69 bits per heavy atom. The summed E-state index contributed by atoms with van der Waals surface area (Å²) in [6, 6.07) is 4.15. The Morgan fingerprint density at radius 2 is 2.15 bits per heavy atom. The monoisotopic (exact) mass is 180 g/mol. The molecule has 0 spiro atoms. The third kappa shape index (κ3) is 3.64. The minimum absolute atomic E-state index is 0.829. The lowest BCUT2D eigenvalue weighted by Crippen LogP contribution is -2.21. The average molecular weight is 180 g/mol. The van der Waals surface area contributed by atoms with Crippen LogP contribution in [-0.2, 0) is 6.54 Å². The highest BCUT2D eigenvalue weighted by Crippen LogP contribution is 2.05. The molecule has 1 heterocycles. The van der Waals surface area contributed by atoms with Gasteiger partial charge in [0.2, 0.25) is 0 Å². The molecular weight excluding hydrogens is 160 g/mol. The summed E-state index contributed by atoms with van der Waals surface area (Å²) in [4.78, 5) is 3.18. The summed E-state index contributed by atoms with van der Waals surface area (Å²) in [5, 5.41) is 3.46. The Hall–Kier alpha value is -0.760. The van der Waals surface area contributed by atoms with E-state index < -0.39 is 0 Å². The molecule has 0 bridgehead atoms. The SMILES string of the molecule is CCC(CC)CNCc1ccc[nH]1. The number of H-pyrrole nitrogens is 1. The van der Waals surface area contributed by atoms with Crippen LogP contribution in [0, 0.1) is 5.92 Å². The summed E-state index contributed by atoms with van der Waals surface area (Å²) in [5.74, 6) is 0.829. The summed E-state index contributed by atoms with van der Waals surface area (Å²) >= 11 is 0. The number of aromatic nitrogens is 1. The van der Waals surface area contributed by atoms with Gasteiger partial charge < -0.3 is 10.3 Å². The van der Waals surface area contributed by atoms with Gasteiger partial charge in [0.1, 0.15) is 0 Å². The molecule has 0 amide bonds. The number of hydrogen-bond donors (Lipinski definition) is 2. The Balaban J connectivity index is 2.13. The Kier molecular flexibility index (Phi) is 4.61. The first-order valence-corrected chi connectivity index (χ1v) is 5.19. The number of aromatic amines is 1. The van der Waals surface area contributed by atoms with Gasteiger partial charge in [0, 0.05) is 18.4 Å². The van der Waals surface area contributed by atoms with Gasteiger partial charge in [0.15, 0.2) is 0 Å². The quantitative estimate of drug-likeness (QED) is 0.691. The van der Waals surface area contributed by atoms with E-state index in [2.05, 4.69) is 30.2 Å². The molecular formula is C11H20N2. The van der Waals surface area contributed by atoms with E-state index in [4.69, 9.17) is 0 Å². The largest absolute Gasteiger partial charge is 0.364 e. The lowest BCUT2D eigenvalue weighted by molar-refractivity contribution is 0.448. The van der Waals surface area contributed by atoms with Crippen LogP contribution in [0.2, 0.25) is 0 Å². The molecule has 0 aromatic carbocycles. The van der Waals surface area contributed by atoms with Crippen molar-refractivity contribution in [2.45, 2.75) is 33.2 Å². The Labute approximate surface area is 80.7 Å². The van der Waals surface area contributed by atoms with Gasteiger partial charge in [-0.25, -0.2) is 0 Å². The Bertz CT molecular complexity index is 200. The minimum Gasteiger partial charge on any atom is -0.364 e. The van der Waals surface area contributed by atoms with Gasteiger partial charge in [-0.1, -0.05) is 26.7 Å². The van der Waals surface area contributed by atoms with Crippen molar-refractivity contribution in [2.75, 3.05) is 6.54 Å². The maximum Gasteiger partial charge on any atom is 0.0357 e. The van der Waals surface area contributed by atoms with Crippen LogP contribution in [0.1, 0.15) is 32.4 Å². The second-order valence-corrected chi connectivity index (χ2v) is 3.51. The zero-order valence-corrected chi connectivity index (χ0v) is 8.64. The van der Waals surface area contributed by atoms with E-state index >= 15 is 0 Å². The highest BCUT2D eigenvalue weighted by molar-refractivity contribution is 5.02. The molecule has 74 valence electrons. The van der Waals surface area contributed by atoms with Crippen LogP contribution in [0.5, 0.6) is 0 Å². The second-order valence-electron chi connectivity index (χ2n) is 3.51. The molecule has 0 fully saturated rings. The molecule has 0 aliphatic rings. The molecule has 13 heavy (non-hydrogen) atoms. The van der Waals surface area contributed by atoms with Crippen molar-refractivity contribution in [1.82, 2.24) is 10.3 Å². The second kappa shape index (κ2) is 5.81. The zero-order valence-electron chi connectivity index (χ0n) is 8.64. The summed E-state index contributed by atoms with van der Waals surface area (Å²) in [5.41, 5.74) is 1.27. The van der Waals surface area contributed by atoms with Crippen LogP contribution in [-0.4, -0.2) is 11.5 Å². The van der Waals surface area contributed by atoms with Gasteiger partial charge in [-0.05, 0) is 24.6 Å². The summed E-state index contributed by atoms with van der Waals surface area (Å²) in [6.45, 7) is 6.60. The fourth-order valence-electron chi connectivity index (χ4n) is 1.47. The van der Waals surface area contributed by atoms with E-state index in [0.717, 1.165) is 19.0 Å². The van der Waals surface area contributed by atoms with E-state index in [9.17, 15) is 0 Å². The predicted octanol–water partition coefficient (Wildman–Crippen LogP) is 2.54. The van der Waals surface area contributed by atoms with Crippen molar-refractivity contribution < 1.29 is 0 Å². The molecule has 0 atom stereocenters. The van der Waals surface area contributed by atoms with Crippen LogP contribution in [0.15, 0.2) is 18.3 Å². The molecule has 0 aliphatic heterocycles. The molecule has 2 nitrogen and oxygen atoms in total. The third-order valence-corrected chi connectivity index (χ3v) is 2.57. The van der Waals surface area contributed by atoms with E-state index in [1.165, 1.54) is 18.5 Å². The first-order chi connectivity index (χ1) is 6.36. The van der Waals surface area contributed by atoms with Crippen LogP contribution in [0.25, 0.3) is 0 Å². The van der Waals surface area contributed by atoms with Gasteiger partial charge >= 0.3 is 0 Å². The fraction of sp³-hybridized carbons (Fsp3) is 0.636. The van der Waals surface area contributed by atoms with Crippen LogP contribution in [0.4, 0.5) is 0 Å². The zero-order chi connectivity index (χ0) is 9.52. The van der Waals surface area contributed by atoms with Gasteiger partial charge in [-0.3, -0.25) is 0 Å². The number of rotatable bonds is 6. The summed E-state index contributed by atoms with van der Waals surface area (Å²) in [7, 11) is 0. The summed E-state index contributed by atoms with van der Waals surface area (Å²) in [6.07, 6.45) is 4.51. The molecule has 1 aromatic heterocycles. The molecule has 1 aromatic rings. The molecule has 2 heteroatoms. The van der Waals surface area contributed by atoms with Crippen molar-refractivity contribution in [3.8, 4) is 0 Å².